The van der Waals surface area contributed by atoms with Gasteiger partial charge in [0.05, 0.1) is 31.3 Å². The second-order valence-electron chi connectivity index (χ2n) is 11.1. The average Bonchev–Trinajstić information content (AvgIpc) is 2.85. The first kappa shape index (κ1) is 36.8. The maximum atomic E-state index is 13.1. The van der Waals surface area contributed by atoms with Gasteiger partial charge in [-0.15, -0.1) is 0 Å². The van der Waals surface area contributed by atoms with Crippen molar-refractivity contribution in [2.45, 2.75) is 155 Å². The van der Waals surface area contributed by atoms with Crippen LogP contribution in [0.25, 0.3) is 0 Å². The van der Waals surface area contributed by atoms with Gasteiger partial charge in [0.2, 0.25) is 0 Å². The van der Waals surface area contributed by atoms with E-state index in [1.807, 2.05) is 0 Å². The number of carboxylic acids is 2. The van der Waals surface area contributed by atoms with E-state index in [4.69, 9.17) is 9.63 Å². The van der Waals surface area contributed by atoms with E-state index in [9.17, 15) is 24.6 Å². The maximum Gasteiger partial charge on any atom is 0.353 e. The fraction of sp³-hybridized carbons (Fsp3) is 0.900. The highest BCUT2D eigenvalue weighted by Gasteiger charge is 2.46. The molecule has 0 radical (unpaired) electrons. The van der Waals surface area contributed by atoms with Crippen LogP contribution in [0.3, 0.4) is 0 Å². The molecule has 0 aromatic rings. The van der Waals surface area contributed by atoms with E-state index in [0.717, 1.165) is 76.3 Å². The molecule has 0 amide bonds. The lowest BCUT2D eigenvalue weighted by molar-refractivity contribution is -0.169. The summed E-state index contributed by atoms with van der Waals surface area (Å²) in [4.78, 5) is 35.9. The van der Waals surface area contributed by atoms with E-state index >= 15 is 0 Å². The van der Waals surface area contributed by atoms with Gasteiger partial charge in [0.25, 0.3) is 0 Å². The number of aliphatic hydroxyl groups is 1. The summed E-state index contributed by atoms with van der Waals surface area (Å²) in [5.41, 5.74) is -2.65. The van der Waals surface area contributed by atoms with E-state index in [1.165, 1.54) is 57.8 Å². The number of carbonyl (C=O) groups excluding carboxylic acids is 1. The predicted molar refractivity (Wildman–Crippen MR) is 157 cm³/mol. The second-order valence-corrected chi connectivity index (χ2v) is 14.7. The van der Waals surface area contributed by atoms with Crippen molar-refractivity contribution in [1.29, 1.82) is 0 Å². The minimum absolute atomic E-state index is 0.771. The summed E-state index contributed by atoms with van der Waals surface area (Å²) in [6.45, 7) is 6.58. The fourth-order valence-corrected chi connectivity index (χ4v) is 8.81. The third-order valence-corrected chi connectivity index (χ3v) is 11.3. The van der Waals surface area contributed by atoms with Crippen molar-refractivity contribution in [3.05, 3.63) is 0 Å². The lowest BCUT2D eigenvalue weighted by Gasteiger charge is -2.27. The Balaban J connectivity index is 5.52. The summed E-state index contributed by atoms with van der Waals surface area (Å²) in [6.07, 6.45) is 21.2. The summed E-state index contributed by atoms with van der Waals surface area (Å²) >= 11 is 0. The van der Waals surface area contributed by atoms with Gasteiger partial charge in [-0.25, -0.2) is 9.59 Å². The minimum atomic E-state index is -2.65. The molecule has 0 aliphatic carbocycles. The molecule has 0 saturated heterocycles. The molecule has 0 aliphatic rings. The van der Waals surface area contributed by atoms with E-state index in [1.54, 1.807) is 0 Å². The molecule has 7 nitrogen and oxygen atoms in total. The van der Waals surface area contributed by atoms with Crippen LogP contribution in [0.1, 0.15) is 149 Å². The quantitative estimate of drug-likeness (QED) is 0.0682. The number of carboxylic acid groups (broad SMARTS) is 2. The van der Waals surface area contributed by atoms with Crippen LogP contribution in [0.4, 0.5) is 0 Å². The van der Waals surface area contributed by atoms with Crippen molar-refractivity contribution < 1.29 is 34.2 Å². The molecule has 1 unspecified atom stereocenters. The Labute approximate surface area is 232 Å². The van der Waals surface area contributed by atoms with Gasteiger partial charge >= 0.3 is 17.9 Å². The Kier molecular flexibility index (Phi) is 21.9. The number of unbranched alkanes of at least 4 members (excludes halogenated alkanes) is 15. The van der Waals surface area contributed by atoms with Crippen LogP contribution in [0.5, 0.6) is 0 Å². The number of hydrogen-bond donors (Lipinski definition) is 3. The molecular formula is C30H58O7P+. The molecule has 0 spiro atoms. The standard InChI is InChI=1S/C30H57O7P/c1-4-7-10-13-16-19-22-38(23-20-17-14-11-8-5-2,24-21-18-15-12-9-6-3)37-28(33)26-30(36,29(34)35)25-27(31)32/h36H,4-26H2,1-3H3,(H-,31,32,34,35)/p+1. The van der Waals surface area contributed by atoms with Crippen LogP contribution in [-0.2, 0) is 18.9 Å². The van der Waals surface area contributed by atoms with Crippen molar-refractivity contribution in [1.82, 2.24) is 0 Å². The number of rotatable bonds is 27. The molecular weight excluding hydrogens is 503 g/mol. The van der Waals surface area contributed by atoms with Crippen LogP contribution >= 0.6 is 7.49 Å². The number of carbonyl (C=O) groups is 3. The molecule has 1 atom stereocenters. The zero-order valence-electron chi connectivity index (χ0n) is 24.7. The van der Waals surface area contributed by atoms with E-state index < -0.39 is 43.8 Å². The molecule has 0 heterocycles. The average molecular weight is 562 g/mol. The maximum absolute atomic E-state index is 13.1. The highest BCUT2D eigenvalue weighted by atomic mass is 31.2. The lowest BCUT2D eigenvalue weighted by atomic mass is 9.96. The largest absolute Gasteiger partial charge is 0.481 e. The lowest BCUT2D eigenvalue weighted by Crippen LogP contribution is -2.43. The Morgan fingerprint density at radius 1 is 0.579 bits per heavy atom. The SMILES string of the molecule is CCCCCCCC[P+](CCCCCCCC)(CCCCCCCC)OC(=O)CC(O)(CC(=O)O)C(=O)O. The van der Waals surface area contributed by atoms with Gasteiger partial charge in [0, 0.05) is 0 Å². The second kappa shape index (κ2) is 22.6. The molecule has 0 fully saturated rings. The molecule has 224 valence electrons. The van der Waals surface area contributed by atoms with E-state index in [-0.39, 0.29) is 0 Å². The summed E-state index contributed by atoms with van der Waals surface area (Å²) in [5, 5.41) is 29.0. The van der Waals surface area contributed by atoms with Crippen LogP contribution in [0.2, 0.25) is 0 Å². The Hall–Kier alpha value is -1.20. The highest BCUT2D eigenvalue weighted by molar-refractivity contribution is 7.71. The van der Waals surface area contributed by atoms with Gasteiger partial charge in [-0.2, -0.15) is 0 Å². The summed E-state index contributed by atoms with van der Waals surface area (Å²) in [6, 6.07) is 0. The predicted octanol–water partition coefficient (Wildman–Crippen LogP) is 8.22. The van der Waals surface area contributed by atoms with Crippen LogP contribution in [-0.4, -0.2) is 57.3 Å². The fourth-order valence-electron chi connectivity index (χ4n) is 4.96. The Morgan fingerprint density at radius 2 is 0.921 bits per heavy atom. The van der Waals surface area contributed by atoms with Crippen molar-refractivity contribution in [2.75, 3.05) is 18.5 Å². The zero-order valence-corrected chi connectivity index (χ0v) is 25.6. The van der Waals surface area contributed by atoms with Crippen molar-refractivity contribution in [3.8, 4) is 0 Å². The third-order valence-electron chi connectivity index (χ3n) is 7.33. The topological polar surface area (TPSA) is 121 Å². The number of hydrogen-bond acceptors (Lipinski definition) is 5. The number of aliphatic carboxylic acids is 2. The first-order valence-electron chi connectivity index (χ1n) is 15.4. The molecule has 0 bridgehead atoms. The van der Waals surface area contributed by atoms with Gasteiger partial charge in [0.1, 0.15) is 0 Å². The Bertz CT molecular complexity index is 599. The van der Waals surface area contributed by atoms with Crippen LogP contribution in [0, 0.1) is 0 Å². The van der Waals surface area contributed by atoms with Crippen molar-refractivity contribution in [2.24, 2.45) is 0 Å². The van der Waals surface area contributed by atoms with Crippen molar-refractivity contribution >= 4 is 25.4 Å². The molecule has 3 N–H and O–H groups in total. The van der Waals surface area contributed by atoms with Crippen molar-refractivity contribution in [3.63, 3.8) is 0 Å². The molecule has 0 aromatic heterocycles. The van der Waals surface area contributed by atoms with Gasteiger partial charge in [-0.05, 0) is 38.5 Å². The molecule has 8 heteroatoms. The molecule has 0 aliphatic heterocycles. The first-order valence-corrected chi connectivity index (χ1v) is 17.7. The van der Waals surface area contributed by atoms with Gasteiger partial charge < -0.3 is 19.8 Å². The molecule has 0 rings (SSSR count). The third kappa shape index (κ3) is 18.2. The Morgan fingerprint density at radius 3 is 1.24 bits per heavy atom. The van der Waals surface area contributed by atoms with Gasteiger partial charge in [0.15, 0.2) is 13.1 Å². The zero-order chi connectivity index (χ0) is 28.7. The van der Waals surface area contributed by atoms with E-state index in [0.29, 0.717) is 0 Å². The van der Waals surface area contributed by atoms with Crippen LogP contribution in [0.15, 0.2) is 0 Å². The van der Waals surface area contributed by atoms with Gasteiger partial charge in [-0.3, -0.25) is 4.79 Å². The monoisotopic (exact) mass is 561 g/mol. The minimum Gasteiger partial charge on any atom is -0.481 e. The summed E-state index contributed by atoms with van der Waals surface area (Å²) in [7, 11) is -2.17. The highest BCUT2D eigenvalue weighted by Crippen LogP contribution is 2.62. The smallest absolute Gasteiger partial charge is 0.353 e. The normalized spacial score (nSPS) is 13.3. The molecule has 0 aromatic carbocycles. The summed E-state index contributed by atoms with van der Waals surface area (Å²) in [5.74, 6) is -3.94. The van der Waals surface area contributed by atoms with Gasteiger partial charge in [-0.1, -0.05) is 97.8 Å². The van der Waals surface area contributed by atoms with Crippen LogP contribution < -0.4 is 0 Å². The summed E-state index contributed by atoms with van der Waals surface area (Å²) < 4.78 is 6.20. The molecule has 38 heavy (non-hydrogen) atoms. The first-order chi connectivity index (χ1) is 18.1. The van der Waals surface area contributed by atoms with E-state index in [2.05, 4.69) is 20.8 Å². The molecule has 0 saturated carbocycles.